The Morgan fingerprint density at radius 3 is 2.65 bits per heavy atom. The molecule has 1 unspecified atom stereocenters. The molecule has 1 fully saturated rings. The Bertz CT molecular complexity index is 801. The summed E-state index contributed by atoms with van der Waals surface area (Å²) < 4.78 is 5.67. The maximum atomic E-state index is 5.67. The fraction of sp³-hybridized carbons (Fsp3) is 0.583. The third-order valence-electron chi connectivity index (χ3n) is 5.74. The molecular formula is C24H37N5OS. The minimum atomic E-state index is -0.0544. The van der Waals surface area contributed by atoms with Crippen LogP contribution in [0.1, 0.15) is 55.1 Å². The van der Waals surface area contributed by atoms with Crippen molar-refractivity contribution in [2.75, 3.05) is 32.8 Å². The third-order valence-corrected chi connectivity index (χ3v) is 6.94. The smallest absolute Gasteiger partial charge is 0.191 e. The molecule has 0 amide bonds. The van der Waals surface area contributed by atoms with Gasteiger partial charge >= 0.3 is 0 Å². The van der Waals surface area contributed by atoms with Crippen molar-refractivity contribution in [2.45, 2.75) is 58.0 Å². The summed E-state index contributed by atoms with van der Waals surface area (Å²) in [5.41, 5.74) is 1.25. The maximum absolute atomic E-state index is 5.67. The number of benzene rings is 1. The zero-order valence-electron chi connectivity index (χ0n) is 19.1. The minimum Gasteiger partial charge on any atom is -0.381 e. The van der Waals surface area contributed by atoms with Gasteiger partial charge in [-0.05, 0) is 38.7 Å². The summed E-state index contributed by atoms with van der Waals surface area (Å²) in [6.07, 6.45) is 5.89. The lowest BCUT2D eigenvalue weighted by molar-refractivity contribution is 0.0374. The van der Waals surface area contributed by atoms with E-state index in [9.17, 15) is 0 Å². The molecular weight excluding hydrogens is 406 g/mol. The van der Waals surface area contributed by atoms with Gasteiger partial charge in [-0.3, -0.25) is 4.99 Å². The first kappa shape index (κ1) is 23.7. The van der Waals surface area contributed by atoms with E-state index >= 15 is 0 Å². The molecule has 2 aromatic rings. The van der Waals surface area contributed by atoms with Gasteiger partial charge in [0.1, 0.15) is 0 Å². The molecule has 0 radical (unpaired) electrons. The van der Waals surface area contributed by atoms with Gasteiger partial charge in [0.25, 0.3) is 0 Å². The summed E-state index contributed by atoms with van der Waals surface area (Å²) in [5, 5.41) is 11.9. The highest BCUT2D eigenvalue weighted by molar-refractivity contribution is 7.11. The number of hydrogen-bond acceptors (Lipinski definition) is 5. The van der Waals surface area contributed by atoms with Gasteiger partial charge in [0, 0.05) is 55.4 Å². The molecule has 3 rings (SSSR count). The van der Waals surface area contributed by atoms with Crippen molar-refractivity contribution < 1.29 is 4.74 Å². The molecule has 1 saturated heterocycles. The Morgan fingerprint density at radius 2 is 1.97 bits per heavy atom. The monoisotopic (exact) mass is 443 g/mol. The van der Waals surface area contributed by atoms with Gasteiger partial charge in [-0.15, -0.1) is 11.3 Å². The average molecular weight is 444 g/mol. The van der Waals surface area contributed by atoms with Crippen LogP contribution in [0, 0.1) is 0 Å². The van der Waals surface area contributed by atoms with Crippen molar-refractivity contribution in [2.24, 2.45) is 4.99 Å². The van der Waals surface area contributed by atoms with Gasteiger partial charge < -0.3 is 20.7 Å². The van der Waals surface area contributed by atoms with Crippen molar-refractivity contribution in [3.05, 3.63) is 52.0 Å². The third kappa shape index (κ3) is 7.30. The van der Waals surface area contributed by atoms with E-state index < -0.39 is 0 Å². The zero-order valence-corrected chi connectivity index (χ0v) is 19.9. The Balaban J connectivity index is 1.61. The van der Waals surface area contributed by atoms with E-state index in [4.69, 9.17) is 9.73 Å². The van der Waals surface area contributed by atoms with Crippen LogP contribution in [0.15, 0.2) is 41.5 Å². The summed E-state index contributed by atoms with van der Waals surface area (Å²) in [4.78, 5) is 10.8. The molecule has 1 aromatic heterocycles. The molecule has 31 heavy (non-hydrogen) atoms. The van der Waals surface area contributed by atoms with Gasteiger partial charge in [-0.1, -0.05) is 37.3 Å². The highest BCUT2D eigenvalue weighted by atomic mass is 32.1. The Morgan fingerprint density at radius 1 is 1.19 bits per heavy atom. The topological polar surface area (TPSA) is 70.6 Å². The van der Waals surface area contributed by atoms with E-state index in [2.05, 4.69) is 72.0 Å². The molecule has 7 heteroatoms. The predicted molar refractivity (Wildman–Crippen MR) is 130 cm³/mol. The molecule has 1 atom stereocenters. The van der Waals surface area contributed by atoms with E-state index in [-0.39, 0.29) is 11.6 Å². The molecule has 3 N–H and O–H groups in total. The number of thiazole rings is 1. The van der Waals surface area contributed by atoms with Crippen LogP contribution < -0.4 is 16.0 Å². The van der Waals surface area contributed by atoms with Crippen LogP contribution in [0.3, 0.4) is 0 Å². The SMILES string of the molecule is CCNC(=NCC1(NC(C)c2ccccc2)CCOCC1)NCCc1ncc(CC)s1. The number of aromatic nitrogens is 1. The van der Waals surface area contributed by atoms with E-state index in [1.807, 2.05) is 6.20 Å². The Labute approximate surface area is 190 Å². The number of rotatable bonds is 10. The first-order valence-corrected chi connectivity index (χ1v) is 12.3. The molecule has 1 aliphatic heterocycles. The number of hydrogen-bond donors (Lipinski definition) is 3. The second kappa shape index (κ2) is 12.2. The molecule has 0 spiro atoms. The number of ether oxygens (including phenoxy) is 1. The second-order valence-corrected chi connectivity index (χ2v) is 9.31. The quantitative estimate of drug-likeness (QED) is 0.386. The van der Waals surface area contributed by atoms with Crippen molar-refractivity contribution in [1.29, 1.82) is 0 Å². The molecule has 170 valence electrons. The number of aliphatic imine (C=N–C) groups is 1. The summed E-state index contributed by atoms with van der Waals surface area (Å²) >= 11 is 1.80. The first-order chi connectivity index (χ1) is 15.1. The number of aryl methyl sites for hydroxylation is 1. The highest BCUT2D eigenvalue weighted by Crippen LogP contribution is 2.26. The molecule has 1 aromatic carbocycles. The normalized spacial score (nSPS) is 17.3. The van der Waals surface area contributed by atoms with Gasteiger partial charge in [0.2, 0.25) is 0 Å². The predicted octanol–water partition coefficient (Wildman–Crippen LogP) is 3.70. The molecule has 0 bridgehead atoms. The second-order valence-electron chi connectivity index (χ2n) is 8.12. The number of nitrogens with zero attached hydrogens (tertiary/aromatic N) is 2. The van der Waals surface area contributed by atoms with Crippen LogP contribution in [0.5, 0.6) is 0 Å². The molecule has 6 nitrogen and oxygen atoms in total. The molecule has 1 aliphatic rings. The Hall–Kier alpha value is -1.96. The van der Waals surface area contributed by atoms with Crippen LogP contribution in [0.2, 0.25) is 0 Å². The fourth-order valence-electron chi connectivity index (χ4n) is 3.88. The first-order valence-electron chi connectivity index (χ1n) is 11.5. The van der Waals surface area contributed by atoms with Crippen LogP contribution in [-0.2, 0) is 17.6 Å². The van der Waals surface area contributed by atoms with Crippen LogP contribution in [-0.4, -0.2) is 49.3 Å². The molecule has 2 heterocycles. The van der Waals surface area contributed by atoms with E-state index in [0.29, 0.717) is 0 Å². The Kier molecular flexibility index (Phi) is 9.31. The highest BCUT2D eigenvalue weighted by Gasteiger charge is 2.34. The van der Waals surface area contributed by atoms with Crippen molar-refractivity contribution in [1.82, 2.24) is 20.9 Å². The van der Waals surface area contributed by atoms with Crippen LogP contribution in [0.4, 0.5) is 0 Å². The van der Waals surface area contributed by atoms with Crippen molar-refractivity contribution >= 4 is 17.3 Å². The van der Waals surface area contributed by atoms with Crippen molar-refractivity contribution in [3.8, 4) is 0 Å². The van der Waals surface area contributed by atoms with Crippen molar-refractivity contribution in [3.63, 3.8) is 0 Å². The summed E-state index contributed by atoms with van der Waals surface area (Å²) in [6, 6.07) is 10.9. The van der Waals surface area contributed by atoms with E-state index in [1.54, 1.807) is 11.3 Å². The van der Waals surface area contributed by atoms with Gasteiger partial charge in [-0.25, -0.2) is 4.98 Å². The van der Waals surface area contributed by atoms with Gasteiger partial charge in [0.05, 0.1) is 11.6 Å². The summed E-state index contributed by atoms with van der Waals surface area (Å²) in [7, 11) is 0. The number of guanidine groups is 1. The lowest BCUT2D eigenvalue weighted by Gasteiger charge is -2.39. The zero-order chi connectivity index (χ0) is 21.9. The standard InChI is InChI=1S/C24H37N5OS/c1-4-21-17-27-22(31-21)11-14-26-23(25-5-2)28-18-24(12-15-30-16-13-24)29-19(3)20-9-7-6-8-10-20/h6-10,17,19,29H,4-5,11-16,18H2,1-3H3,(H2,25,26,28). The van der Waals surface area contributed by atoms with Gasteiger partial charge in [-0.2, -0.15) is 0 Å². The van der Waals surface area contributed by atoms with Gasteiger partial charge in [0.15, 0.2) is 5.96 Å². The fourth-order valence-corrected chi connectivity index (χ4v) is 4.74. The van der Waals surface area contributed by atoms with Crippen LogP contribution in [0.25, 0.3) is 0 Å². The lowest BCUT2D eigenvalue weighted by Crippen LogP contribution is -2.53. The average Bonchev–Trinajstić information content (AvgIpc) is 3.27. The minimum absolute atomic E-state index is 0.0544. The largest absolute Gasteiger partial charge is 0.381 e. The van der Waals surface area contributed by atoms with E-state index in [1.165, 1.54) is 15.4 Å². The van der Waals surface area contributed by atoms with Crippen LogP contribution >= 0.6 is 11.3 Å². The number of nitrogens with one attached hydrogen (secondary N) is 3. The molecule has 0 saturated carbocycles. The summed E-state index contributed by atoms with van der Waals surface area (Å²) in [5.74, 6) is 0.870. The molecule has 0 aliphatic carbocycles. The summed E-state index contributed by atoms with van der Waals surface area (Å²) in [6.45, 7) is 10.4. The maximum Gasteiger partial charge on any atom is 0.191 e. The lowest BCUT2D eigenvalue weighted by atomic mass is 9.88. The van der Waals surface area contributed by atoms with E-state index in [0.717, 1.165) is 64.5 Å².